The molecule has 0 aliphatic rings. The highest BCUT2D eigenvalue weighted by Crippen LogP contribution is 2.21. The van der Waals surface area contributed by atoms with Gasteiger partial charge >= 0.3 is 0 Å². The lowest BCUT2D eigenvalue weighted by atomic mass is 10.1. The minimum atomic E-state index is -0.161. The van der Waals surface area contributed by atoms with Gasteiger partial charge in [0.05, 0.1) is 17.0 Å². The fourth-order valence-corrected chi connectivity index (χ4v) is 2.54. The highest BCUT2D eigenvalue weighted by molar-refractivity contribution is 6.30. The van der Waals surface area contributed by atoms with Crippen molar-refractivity contribution in [1.29, 1.82) is 0 Å². The predicted molar refractivity (Wildman–Crippen MR) is 98.6 cm³/mol. The Hall–Kier alpha value is -2.65. The number of amides is 1. The lowest BCUT2D eigenvalue weighted by Crippen LogP contribution is -2.14. The largest absolute Gasteiger partial charge is 0.322 e. The van der Waals surface area contributed by atoms with Gasteiger partial charge in [0.1, 0.15) is 0 Å². The van der Waals surface area contributed by atoms with E-state index in [1.165, 1.54) is 0 Å². The Bertz CT molecular complexity index is 871. The Morgan fingerprint density at radius 2 is 1.58 bits per heavy atom. The summed E-state index contributed by atoms with van der Waals surface area (Å²) >= 11 is 5.91. The molecular formula is C20H17ClN2O. The Balaban J connectivity index is 1.82. The summed E-state index contributed by atoms with van der Waals surface area (Å²) in [6, 6.07) is 18.8. The summed E-state index contributed by atoms with van der Waals surface area (Å²) in [5.41, 5.74) is 4.95. The van der Waals surface area contributed by atoms with Crippen LogP contribution >= 0.6 is 11.6 Å². The van der Waals surface area contributed by atoms with Gasteiger partial charge in [-0.3, -0.25) is 9.78 Å². The molecule has 0 atom stereocenters. The third-order valence-electron chi connectivity index (χ3n) is 3.78. The molecule has 0 radical (unpaired) electrons. The van der Waals surface area contributed by atoms with E-state index in [1.807, 2.05) is 68.4 Å². The maximum atomic E-state index is 12.4. The van der Waals surface area contributed by atoms with Crippen molar-refractivity contribution in [2.45, 2.75) is 13.8 Å². The summed E-state index contributed by atoms with van der Waals surface area (Å²) < 4.78 is 0. The first-order chi connectivity index (χ1) is 11.5. The highest BCUT2D eigenvalue weighted by atomic mass is 35.5. The van der Waals surface area contributed by atoms with Crippen molar-refractivity contribution in [3.05, 3.63) is 82.5 Å². The van der Waals surface area contributed by atoms with Crippen LogP contribution in [-0.2, 0) is 0 Å². The smallest absolute Gasteiger partial charge is 0.257 e. The Morgan fingerprint density at radius 3 is 2.21 bits per heavy atom. The first kappa shape index (κ1) is 16.2. The van der Waals surface area contributed by atoms with Gasteiger partial charge in [0, 0.05) is 16.3 Å². The van der Waals surface area contributed by atoms with Crippen LogP contribution in [0.5, 0.6) is 0 Å². The fraction of sp³-hybridized carbons (Fsp3) is 0.100. The van der Waals surface area contributed by atoms with Crippen molar-refractivity contribution in [2.24, 2.45) is 0 Å². The minimum absolute atomic E-state index is 0.161. The Kier molecular flexibility index (Phi) is 4.63. The Labute approximate surface area is 146 Å². The van der Waals surface area contributed by atoms with Gasteiger partial charge in [0.2, 0.25) is 0 Å². The molecule has 0 aliphatic heterocycles. The quantitative estimate of drug-likeness (QED) is 0.707. The van der Waals surface area contributed by atoms with E-state index in [-0.39, 0.29) is 5.91 Å². The highest BCUT2D eigenvalue weighted by Gasteiger charge is 2.11. The predicted octanol–water partition coefficient (Wildman–Crippen LogP) is 5.27. The van der Waals surface area contributed by atoms with Gasteiger partial charge in [0.25, 0.3) is 5.91 Å². The van der Waals surface area contributed by atoms with Crippen LogP contribution in [0.2, 0.25) is 5.02 Å². The van der Waals surface area contributed by atoms with Crippen molar-refractivity contribution < 1.29 is 4.79 Å². The van der Waals surface area contributed by atoms with E-state index in [0.717, 1.165) is 22.5 Å². The van der Waals surface area contributed by atoms with Crippen LogP contribution in [0.3, 0.4) is 0 Å². The lowest BCUT2D eigenvalue weighted by Gasteiger charge is -2.09. The van der Waals surface area contributed by atoms with E-state index in [0.29, 0.717) is 16.3 Å². The molecule has 0 bridgehead atoms. The van der Waals surface area contributed by atoms with E-state index < -0.39 is 0 Å². The number of pyridine rings is 1. The zero-order chi connectivity index (χ0) is 17.1. The number of aromatic nitrogens is 1. The molecule has 0 spiro atoms. The first-order valence-corrected chi connectivity index (χ1v) is 8.02. The summed E-state index contributed by atoms with van der Waals surface area (Å²) in [5.74, 6) is -0.161. The van der Waals surface area contributed by atoms with Crippen LogP contribution in [0, 0.1) is 13.8 Å². The lowest BCUT2D eigenvalue weighted by molar-refractivity contribution is 0.102. The van der Waals surface area contributed by atoms with E-state index in [4.69, 9.17) is 11.6 Å². The number of carbonyl (C=O) groups excluding carboxylic acids is 1. The number of nitrogens with one attached hydrogen (secondary N) is 1. The number of hydrogen-bond donors (Lipinski definition) is 1. The summed E-state index contributed by atoms with van der Waals surface area (Å²) in [6.45, 7) is 3.85. The summed E-state index contributed by atoms with van der Waals surface area (Å²) in [7, 11) is 0. The van der Waals surface area contributed by atoms with Gasteiger partial charge in [0.15, 0.2) is 0 Å². The van der Waals surface area contributed by atoms with Crippen molar-refractivity contribution in [3.8, 4) is 11.3 Å². The number of rotatable bonds is 3. The molecule has 3 nitrogen and oxygen atoms in total. The molecule has 0 saturated heterocycles. The van der Waals surface area contributed by atoms with Crippen LogP contribution < -0.4 is 5.32 Å². The van der Waals surface area contributed by atoms with E-state index >= 15 is 0 Å². The van der Waals surface area contributed by atoms with E-state index in [2.05, 4.69) is 10.3 Å². The van der Waals surface area contributed by atoms with Gasteiger partial charge in [-0.05, 0) is 50.2 Å². The normalized spacial score (nSPS) is 10.5. The molecule has 3 rings (SSSR count). The molecule has 0 saturated carbocycles. The molecular weight excluding hydrogens is 320 g/mol. The molecule has 120 valence electrons. The third-order valence-corrected chi connectivity index (χ3v) is 4.03. The maximum absolute atomic E-state index is 12.4. The Morgan fingerprint density at radius 1 is 0.917 bits per heavy atom. The number of benzene rings is 2. The standard InChI is InChI=1S/C20H17ClN2O/c1-13-3-9-17(10-4-13)23-20(24)18-11-12-19(22-14(18)2)15-5-7-16(21)8-6-15/h3-12H,1-2H3,(H,23,24). The second-order valence-electron chi connectivity index (χ2n) is 5.66. The van der Waals surface area contributed by atoms with Crippen molar-refractivity contribution in [2.75, 3.05) is 5.32 Å². The van der Waals surface area contributed by atoms with Crippen LogP contribution in [0.1, 0.15) is 21.6 Å². The average Bonchev–Trinajstić information content (AvgIpc) is 2.57. The van der Waals surface area contributed by atoms with Crippen LogP contribution in [0.25, 0.3) is 11.3 Å². The summed E-state index contributed by atoms with van der Waals surface area (Å²) in [5, 5.41) is 3.58. The number of nitrogens with zero attached hydrogens (tertiary/aromatic N) is 1. The molecule has 0 aliphatic carbocycles. The zero-order valence-electron chi connectivity index (χ0n) is 13.5. The molecule has 1 amide bonds. The third kappa shape index (κ3) is 3.63. The summed E-state index contributed by atoms with van der Waals surface area (Å²) in [6.07, 6.45) is 0. The second-order valence-corrected chi connectivity index (χ2v) is 6.09. The molecule has 4 heteroatoms. The summed E-state index contributed by atoms with van der Waals surface area (Å²) in [4.78, 5) is 17.0. The topological polar surface area (TPSA) is 42.0 Å². The van der Waals surface area contributed by atoms with Gasteiger partial charge in [-0.2, -0.15) is 0 Å². The second kappa shape index (κ2) is 6.85. The number of hydrogen-bond acceptors (Lipinski definition) is 2. The zero-order valence-corrected chi connectivity index (χ0v) is 14.3. The van der Waals surface area contributed by atoms with Gasteiger partial charge < -0.3 is 5.32 Å². The van der Waals surface area contributed by atoms with Crippen LogP contribution in [0.4, 0.5) is 5.69 Å². The van der Waals surface area contributed by atoms with E-state index in [9.17, 15) is 4.79 Å². The molecule has 0 fully saturated rings. The molecule has 24 heavy (non-hydrogen) atoms. The molecule has 1 N–H and O–H groups in total. The average molecular weight is 337 g/mol. The SMILES string of the molecule is Cc1ccc(NC(=O)c2ccc(-c3ccc(Cl)cc3)nc2C)cc1. The number of aryl methyl sites for hydroxylation is 2. The number of anilines is 1. The van der Waals surface area contributed by atoms with Gasteiger partial charge in [-0.1, -0.05) is 41.4 Å². The van der Waals surface area contributed by atoms with Crippen molar-refractivity contribution in [1.82, 2.24) is 4.98 Å². The van der Waals surface area contributed by atoms with Crippen molar-refractivity contribution in [3.63, 3.8) is 0 Å². The van der Waals surface area contributed by atoms with Crippen molar-refractivity contribution >= 4 is 23.2 Å². The monoisotopic (exact) mass is 336 g/mol. The molecule has 2 aromatic carbocycles. The fourth-order valence-electron chi connectivity index (χ4n) is 2.42. The molecule has 1 aromatic heterocycles. The molecule has 3 aromatic rings. The minimum Gasteiger partial charge on any atom is -0.322 e. The van der Waals surface area contributed by atoms with Gasteiger partial charge in [-0.15, -0.1) is 0 Å². The first-order valence-electron chi connectivity index (χ1n) is 7.64. The number of carbonyl (C=O) groups is 1. The van der Waals surface area contributed by atoms with Crippen LogP contribution in [-0.4, -0.2) is 10.9 Å². The molecule has 1 heterocycles. The van der Waals surface area contributed by atoms with E-state index in [1.54, 1.807) is 6.07 Å². The number of halogens is 1. The van der Waals surface area contributed by atoms with Crippen LogP contribution in [0.15, 0.2) is 60.7 Å². The van der Waals surface area contributed by atoms with Gasteiger partial charge in [-0.25, -0.2) is 0 Å². The maximum Gasteiger partial charge on any atom is 0.257 e. The molecule has 0 unspecified atom stereocenters.